The van der Waals surface area contributed by atoms with E-state index in [1.807, 2.05) is 6.07 Å². The molecule has 2 rings (SSSR count). The Morgan fingerprint density at radius 3 is 2.62 bits per heavy atom. The molecule has 24 heavy (non-hydrogen) atoms. The van der Waals surface area contributed by atoms with Crippen LogP contribution in [0.3, 0.4) is 0 Å². The summed E-state index contributed by atoms with van der Waals surface area (Å²) in [7, 11) is 0. The third-order valence-electron chi connectivity index (χ3n) is 2.60. The van der Waals surface area contributed by atoms with Crippen molar-refractivity contribution in [2.24, 2.45) is 0 Å². The summed E-state index contributed by atoms with van der Waals surface area (Å²) in [4.78, 5) is 16.3. The number of carbonyl (C=O) groups excluding carboxylic acids is 1. The van der Waals surface area contributed by atoms with Crippen molar-refractivity contribution in [2.75, 3.05) is 17.7 Å². The lowest BCUT2D eigenvalue weighted by atomic mass is 10.4. The van der Waals surface area contributed by atoms with Crippen molar-refractivity contribution in [3.8, 4) is 5.88 Å². The van der Waals surface area contributed by atoms with Crippen LogP contribution < -0.4 is 10.1 Å². The minimum atomic E-state index is -4.43. The fourth-order valence-electron chi connectivity index (χ4n) is 1.60. The van der Waals surface area contributed by atoms with Crippen molar-refractivity contribution >= 4 is 35.0 Å². The van der Waals surface area contributed by atoms with Crippen LogP contribution in [-0.4, -0.2) is 29.4 Å². The van der Waals surface area contributed by atoms with E-state index in [4.69, 9.17) is 11.6 Å². The fraction of sp³-hybridized carbons (Fsp3) is 0.200. The number of anilines is 1. The Hall–Kier alpha value is -1.93. The van der Waals surface area contributed by atoms with Crippen molar-refractivity contribution in [2.45, 2.75) is 11.1 Å². The second-order valence-electron chi connectivity index (χ2n) is 4.56. The molecule has 0 saturated carbocycles. The minimum absolute atomic E-state index is 0.135. The zero-order valence-corrected chi connectivity index (χ0v) is 13.7. The maximum Gasteiger partial charge on any atom is 0.422 e. The predicted octanol–water partition coefficient (Wildman–Crippen LogP) is 4.41. The number of halogens is 4. The van der Waals surface area contributed by atoms with E-state index in [0.717, 1.165) is 4.90 Å². The number of hydrogen-bond donors (Lipinski definition) is 1. The summed E-state index contributed by atoms with van der Waals surface area (Å²) in [6.07, 6.45) is -3.20. The van der Waals surface area contributed by atoms with Gasteiger partial charge in [-0.3, -0.25) is 4.79 Å². The molecule has 9 heteroatoms. The van der Waals surface area contributed by atoms with Crippen LogP contribution in [0.25, 0.3) is 0 Å². The van der Waals surface area contributed by atoms with Gasteiger partial charge in [0.25, 0.3) is 0 Å². The Morgan fingerprint density at radius 2 is 2.00 bits per heavy atom. The zero-order valence-electron chi connectivity index (χ0n) is 12.1. The van der Waals surface area contributed by atoms with Gasteiger partial charge in [0.1, 0.15) is 0 Å². The van der Waals surface area contributed by atoms with Gasteiger partial charge in [0.05, 0.1) is 22.7 Å². The Kier molecular flexibility index (Phi) is 6.33. The highest BCUT2D eigenvalue weighted by Gasteiger charge is 2.28. The minimum Gasteiger partial charge on any atom is -0.468 e. The normalized spacial score (nSPS) is 11.2. The lowest BCUT2D eigenvalue weighted by Gasteiger charge is -2.09. The number of carbonyl (C=O) groups is 1. The largest absolute Gasteiger partial charge is 0.468 e. The van der Waals surface area contributed by atoms with Gasteiger partial charge in [0.15, 0.2) is 6.61 Å². The quantitative estimate of drug-likeness (QED) is 0.759. The van der Waals surface area contributed by atoms with Crippen LogP contribution in [0.4, 0.5) is 18.9 Å². The molecule has 0 fully saturated rings. The highest BCUT2D eigenvalue weighted by Crippen LogP contribution is 2.26. The molecule has 2 aromatic rings. The Bertz CT molecular complexity index is 696. The predicted molar refractivity (Wildman–Crippen MR) is 86.6 cm³/mol. The molecule has 1 amide bonds. The first kappa shape index (κ1) is 18.4. The van der Waals surface area contributed by atoms with Gasteiger partial charge in [0, 0.05) is 11.0 Å². The summed E-state index contributed by atoms with van der Waals surface area (Å²) in [5, 5.41) is 3.15. The Balaban J connectivity index is 1.82. The lowest BCUT2D eigenvalue weighted by Crippen LogP contribution is -2.19. The number of pyridine rings is 1. The second-order valence-corrected chi connectivity index (χ2v) is 5.98. The number of aromatic nitrogens is 1. The van der Waals surface area contributed by atoms with E-state index in [-0.39, 0.29) is 17.5 Å². The summed E-state index contributed by atoms with van der Waals surface area (Å²) in [5.74, 6) is -0.322. The molecule has 0 aliphatic heterocycles. The average molecular weight is 377 g/mol. The summed E-state index contributed by atoms with van der Waals surface area (Å²) in [6.45, 7) is -1.42. The van der Waals surface area contributed by atoms with Crippen LogP contribution in [0.15, 0.2) is 47.5 Å². The number of nitrogens with zero attached hydrogens (tertiary/aromatic N) is 1. The fourth-order valence-corrected chi connectivity index (χ4v) is 2.64. The molecule has 0 radical (unpaired) electrons. The molecule has 0 saturated heterocycles. The van der Waals surface area contributed by atoms with Crippen LogP contribution in [0, 0.1) is 0 Å². The SMILES string of the molecule is O=C(CSc1ccccc1Cl)Nc1ccc(OCC(F)(F)F)nc1. The van der Waals surface area contributed by atoms with Gasteiger partial charge >= 0.3 is 6.18 Å². The lowest BCUT2D eigenvalue weighted by molar-refractivity contribution is -0.154. The van der Waals surface area contributed by atoms with Crippen LogP contribution >= 0.6 is 23.4 Å². The molecular formula is C15H12ClF3N2O2S. The topological polar surface area (TPSA) is 51.2 Å². The first-order valence-corrected chi connectivity index (χ1v) is 8.02. The van der Waals surface area contributed by atoms with E-state index in [0.29, 0.717) is 10.7 Å². The first-order chi connectivity index (χ1) is 11.3. The van der Waals surface area contributed by atoms with E-state index in [2.05, 4.69) is 15.0 Å². The van der Waals surface area contributed by atoms with E-state index in [1.54, 1.807) is 18.2 Å². The Morgan fingerprint density at radius 1 is 1.25 bits per heavy atom. The summed E-state index contributed by atoms with van der Waals surface area (Å²) in [5.41, 5.74) is 0.360. The van der Waals surface area contributed by atoms with Crippen molar-refractivity contribution in [3.63, 3.8) is 0 Å². The van der Waals surface area contributed by atoms with Crippen LogP contribution in [0.2, 0.25) is 5.02 Å². The maximum atomic E-state index is 12.0. The number of rotatable bonds is 6. The van der Waals surface area contributed by atoms with Gasteiger partial charge in [0.2, 0.25) is 11.8 Å². The molecule has 0 unspecified atom stereocenters. The molecule has 0 spiro atoms. The standard InChI is InChI=1S/C15H12ClF3N2O2S/c16-11-3-1-2-4-12(11)24-8-13(22)21-10-5-6-14(20-7-10)23-9-15(17,18)19/h1-7H,8-9H2,(H,21,22). The molecule has 1 N–H and O–H groups in total. The van der Waals surface area contributed by atoms with Gasteiger partial charge in [-0.15, -0.1) is 11.8 Å². The highest BCUT2D eigenvalue weighted by molar-refractivity contribution is 8.00. The molecule has 0 aliphatic rings. The van der Waals surface area contributed by atoms with Gasteiger partial charge < -0.3 is 10.1 Å². The highest BCUT2D eigenvalue weighted by atomic mass is 35.5. The second kappa shape index (κ2) is 8.25. The Labute approximate surface area is 145 Å². The van der Waals surface area contributed by atoms with Crippen molar-refractivity contribution in [1.29, 1.82) is 0 Å². The smallest absolute Gasteiger partial charge is 0.422 e. The molecule has 0 bridgehead atoms. The van der Waals surface area contributed by atoms with Crippen LogP contribution in [0.5, 0.6) is 5.88 Å². The molecule has 128 valence electrons. The van der Waals surface area contributed by atoms with Crippen LogP contribution in [-0.2, 0) is 4.79 Å². The van der Waals surface area contributed by atoms with E-state index in [9.17, 15) is 18.0 Å². The number of thioether (sulfide) groups is 1. The van der Waals surface area contributed by atoms with Crippen molar-refractivity contribution < 1.29 is 22.7 Å². The number of nitrogens with one attached hydrogen (secondary N) is 1. The summed E-state index contributed by atoms with van der Waals surface area (Å²) < 4.78 is 40.6. The average Bonchev–Trinajstić information content (AvgIpc) is 2.53. The molecule has 1 aromatic carbocycles. The van der Waals surface area contributed by atoms with E-state index >= 15 is 0 Å². The number of hydrogen-bond acceptors (Lipinski definition) is 4. The zero-order chi connectivity index (χ0) is 17.6. The summed E-state index contributed by atoms with van der Waals surface area (Å²) in [6, 6.07) is 9.80. The molecule has 4 nitrogen and oxygen atoms in total. The molecular weight excluding hydrogens is 365 g/mol. The maximum absolute atomic E-state index is 12.0. The van der Waals surface area contributed by atoms with Crippen molar-refractivity contribution in [3.05, 3.63) is 47.6 Å². The molecule has 1 aromatic heterocycles. The van der Waals surface area contributed by atoms with E-state index < -0.39 is 12.8 Å². The number of amides is 1. The monoisotopic (exact) mass is 376 g/mol. The number of alkyl halides is 3. The summed E-state index contributed by atoms with van der Waals surface area (Å²) >= 11 is 7.26. The third-order valence-corrected chi connectivity index (χ3v) is 4.11. The number of ether oxygens (including phenoxy) is 1. The van der Waals surface area contributed by atoms with Gasteiger partial charge in [-0.05, 0) is 18.2 Å². The van der Waals surface area contributed by atoms with Crippen LogP contribution in [0.1, 0.15) is 0 Å². The first-order valence-electron chi connectivity index (χ1n) is 6.66. The number of benzene rings is 1. The van der Waals surface area contributed by atoms with E-state index in [1.165, 1.54) is 30.1 Å². The van der Waals surface area contributed by atoms with Gasteiger partial charge in [-0.2, -0.15) is 13.2 Å². The molecule has 0 atom stereocenters. The molecule has 0 aliphatic carbocycles. The van der Waals surface area contributed by atoms with Gasteiger partial charge in [-0.25, -0.2) is 4.98 Å². The van der Waals surface area contributed by atoms with Gasteiger partial charge in [-0.1, -0.05) is 23.7 Å². The third kappa shape index (κ3) is 6.29. The van der Waals surface area contributed by atoms with Crippen molar-refractivity contribution in [1.82, 2.24) is 4.98 Å². The molecule has 1 heterocycles.